The normalized spacial score (nSPS) is 12.3. The van der Waals surface area contributed by atoms with E-state index in [1.54, 1.807) is 20.2 Å². The minimum Gasteiger partial charge on any atom is -0.394 e. The molecule has 0 saturated carbocycles. The zero-order valence-corrected chi connectivity index (χ0v) is 11.0. The maximum Gasteiger partial charge on any atom is 0.236 e. The van der Waals surface area contributed by atoms with Crippen LogP contribution in [0.15, 0.2) is 18.2 Å². The summed E-state index contributed by atoms with van der Waals surface area (Å²) in [6, 6.07) is 3.78. The number of benzene rings is 1. The van der Waals surface area contributed by atoms with Crippen molar-refractivity contribution in [3.63, 3.8) is 0 Å². The van der Waals surface area contributed by atoms with Crippen LogP contribution in [0.1, 0.15) is 11.6 Å². The number of carbonyl (C=O) groups is 1. The molecule has 0 radical (unpaired) electrons. The lowest BCUT2D eigenvalue weighted by molar-refractivity contribution is -0.127. The number of hydrogen-bond acceptors (Lipinski definition) is 3. The minimum atomic E-state index is -0.548. The summed E-state index contributed by atoms with van der Waals surface area (Å²) in [5, 5.41) is 12.1. The lowest BCUT2D eigenvalue weighted by Gasteiger charge is -2.18. The topological polar surface area (TPSA) is 52.6 Å². The van der Waals surface area contributed by atoms with E-state index in [-0.39, 0.29) is 24.1 Å². The van der Waals surface area contributed by atoms with E-state index in [9.17, 15) is 14.3 Å². The summed E-state index contributed by atoms with van der Waals surface area (Å²) in [5.41, 5.74) is 0.547. The van der Waals surface area contributed by atoms with Gasteiger partial charge in [-0.3, -0.25) is 10.1 Å². The molecular weight excluding hydrogens is 259 g/mol. The summed E-state index contributed by atoms with van der Waals surface area (Å²) in [5.74, 6) is -0.670. The molecular formula is C12H16ClFN2O2. The summed E-state index contributed by atoms with van der Waals surface area (Å²) in [6.45, 7) is -0.162. The molecule has 0 aromatic heterocycles. The van der Waals surface area contributed by atoms with Crippen molar-refractivity contribution in [3.8, 4) is 0 Å². The number of nitrogens with zero attached hydrogens (tertiary/aromatic N) is 1. The second-order valence-corrected chi connectivity index (χ2v) is 4.48. The van der Waals surface area contributed by atoms with Gasteiger partial charge >= 0.3 is 0 Å². The average Bonchev–Trinajstić information content (AvgIpc) is 2.33. The highest BCUT2D eigenvalue weighted by Crippen LogP contribution is 2.20. The molecule has 0 aliphatic carbocycles. The van der Waals surface area contributed by atoms with Gasteiger partial charge in [0.05, 0.1) is 24.2 Å². The Bertz CT molecular complexity index is 427. The fourth-order valence-corrected chi connectivity index (χ4v) is 1.50. The molecule has 18 heavy (non-hydrogen) atoms. The maximum absolute atomic E-state index is 13.3. The Labute approximate surface area is 110 Å². The van der Waals surface area contributed by atoms with Gasteiger partial charge in [-0.15, -0.1) is 0 Å². The molecule has 1 rings (SSSR count). The first kappa shape index (κ1) is 14.9. The molecule has 1 amide bonds. The summed E-state index contributed by atoms with van der Waals surface area (Å²) in [7, 11) is 3.28. The molecule has 1 atom stereocenters. The van der Waals surface area contributed by atoms with Gasteiger partial charge in [0.1, 0.15) is 5.82 Å². The molecule has 1 aromatic rings. The molecule has 0 unspecified atom stereocenters. The smallest absolute Gasteiger partial charge is 0.236 e. The van der Waals surface area contributed by atoms with Crippen molar-refractivity contribution in [1.82, 2.24) is 10.2 Å². The molecule has 0 saturated heterocycles. The van der Waals surface area contributed by atoms with E-state index in [2.05, 4.69) is 5.32 Å². The molecule has 0 bridgehead atoms. The second kappa shape index (κ2) is 6.68. The van der Waals surface area contributed by atoms with Crippen molar-refractivity contribution >= 4 is 17.5 Å². The number of carbonyl (C=O) groups excluding carboxylic acids is 1. The maximum atomic E-state index is 13.3. The van der Waals surface area contributed by atoms with Crippen molar-refractivity contribution in [3.05, 3.63) is 34.6 Å². The van der Waals surface area contributed by atoms with E-state index in [0.29, 0.717) is 5.56 Å². The highest BCUT2D eigenvalue weighted by molar-refractivity contribution is 6.30. The van der Waals surface area contributed by atoms with Crippen molar-refractivity contribution in [2.75, 3.05) is 27.2 Å². The third kappa shape index (κ3) is 3.94. The monoisotopic (exact) mass is 274 g/mol. The first-order valence-electron chi connectivity index (χ1n) is 5.45. The van der Waals surface area contributed by atoms with Crippen LogP contribution in [0.25, 0.3) is 0 Å². The predicted octanol–water partition coefficient (Wildman–Crippen LogP) is 1.19. The first-order chi connectivity index (χ1) is 8.45. The SMILES string of the molecule is CN(C)C(=O)CN[C@H](CO)c1ccc(Cl)c(F)c1. The zero-order valence-electron chi connectivity index (χ0n) is 10.3. The lowest BCUT2D eigenvalue weighted by Crippen LogP contribution is -2.36. The van der Waals surface area contributed by atoms with Crippen LogP contribution in [0.5, 0.6) is 0 Å². The molecule has 1 aromatic carbocycles. The number of amides is 1. The fraction of sp³-hybridized carbons (Fsp3) is 0.417. The number of halogens is 2. The predicted molar refractivity (Wildman–Crippen MR) is 67.9 cm³/mol. The Morgan fingerprint density at radius 1 is 1.56 bits per heavy atom. The number of rotatable bonds is 5. The van der Waals surface area contributed by atoms with Gasteiger partial charge in [0.2, 0.25) is 5.91 Å². The quantitative estimate of drug-likeness (QED) is 0.848. The van der Waals surface area contributed by atoms with E-state index in [1.807, 2.05) is 0 Å². The molecule has 100 valence electrons. The van der Waals surface area contributed by atoms with E-state index < -0.39 is 11.9 Å². The molecule has 6 heteroatoms. The highest BCUT2D eigenvalue weighted by atomic mass is 35.5. The molecule has 0 heterocycles. The zero-order chi connectivity index (χ0) is 13.7. The molecule has 0 spiro atoms. The van der Waals surface area contributed by atoms with Crippen molar-refractivity contribution < 1.29 is 14.3 Å². The summed E-state index contributed by atoms with van der Waals surface area (Å²) < 4.78 is 13.3. The van der Waals surface area contributed by atoms with Crippen LogP contribution in [0, 0.1) is 5.82 Å². The van der Waals surface area contributed by atoms with Crippen LogP contribution >= 0.6 is 11.6 Å². The third-order valence-electron chi connectivity index (χ3n) is 2.53. The Kier molecular flexibility index (Phi) is 5.53. The van der Waals surface area contributed by atoms with Gasteiger partial charge in [0.15, 0.2) is 0 Å². The van der Waals surface area contributed by atoms with Crippen molar-refractivity contribution in [2.45, 2.75) is 6.04 Å². The molecule has 0 aliphatic heterocycles. The number of hydrogen-bond donors (Lipinski definition) is 2. The number of aliphatic hydroxyl groups excluding tert-OH is 1. The van der Waals surface area contributed by atoms with Crippen LogP contribution in [-0.4, -0.2) is 43.2 Å². The van der Waals surface area contributed by atoms with E-state index in [0.717, 1.165) is 0 Å². The fourth-order valence-electron chi connectivity index (χ4n) is 1.39. The number of likely N-dealkylation sites (N-methyl/N-ethyl adjacent to an activating group) is 1. The van der Waals surface area contributed by atoms with Crippen LogP contribution in [0.3, 0.4) is 0 Å². The average molecular weight is 275 g/mol. The largest absolute Gasteiger partial charge is 0.394 e. The number of aliphatic hydroxyl groups is 1. The summed E-state index contributed by atoms with van der Waals surface area (Å²) in [4.78, 5) is 12.8. The number of nitrogens with one attached hydrogen (secondary N) is 1. The van der Waals surface area contributed by atoms with Crippen LogP contribution < -0.4 is 5.32 Å². The van der Waals surface area contributed by atoms with Crippen LogP contribution in [0.2, 0.25) is 5.02 Å². The molecule has 4 nitrogen and oxygen atoms in total. The van der Waals surface area contributed by atoms with Gasteiger partial charge in [-0.2, -0.15) is 0 Å². The van der Waals surface area contributed by atoms with Gasteiger partial charge in [-0.1, -0.05) is 17.7 Å². The van der Waals surface area contributed by atoms with Gasteiger partial charge < -0.3 is 10.0 Å². The van der Waals surface area contributed by atoms with E-state index in [1.165, 1.54) is 17.0 Å². The Hall–Kier alpha value is -1.17. The standard InChI is InChI=1S/C12H16ClFN2O2/c1-16(2)12(18)6-15-11(7-17)8-3-4-9(13)10(14)5-8/h3-5,11,15,17H,6-7H2,1-2H3/t11-/m1/s1. The lowest BCUT2D eigenvalue weighted by atomic mass is 10.1. The molecule has 2 N–H and O–H groups in total. The van der Waals surface area contributed by atoms with Gasteiger partial charge in [0, 0.05) is 14.1 Å². The van der Waals surface area contributed by atoms with E-state index >= 15 is 0 Å². The van der Waals surface area contributed by atoms with E-state index in [4.69, 9.17) is 11.6 Å². The Morgan fingerprint density at radius 3 is 2.72 bits per heavy atom. The van der Waals surface area contributed by atoms with Crippen molar-refractivity contribution in [1.29, 1.82) is 0 Å². The first-order valence-corrected chi connectivity index (χ1v) is 5.83. The third-order valence-corrected chi connectivity index (χ3v) is 2.83. The van der Waals surface area contributed by atoms with Gasteiger partial charge in [-0.05, 0) is 17.7 Å². The van der Waals surface area contributed by atoms with Crippen LogP contribution in [-0.2, 0) is 4.79 Å². The van der Waals surface area contributed by atoms with Gasteiger partial charge in [-0.25, -0.2) is 4.39 Å². The molecule has 0 aliphatic rings. The van der Waals surface area contributed by atoms with Crippen LogP contribution in [0.4, 0.5) is 4.39 Å². The van der Waals surface area contributed by atoms with Crippen molar-refractivity contribution in [2.24, 2.45) is 0 Å². The highest BCUT2D eigenvalue weighted by Gasteiger charge is 2.14. The second-order valence-electron chi connectivity index (χ2n) is 4.08. The Morgan fingerprint density at radius 2 is 2.22 bits per heavy atom. The molecule has 0 fully saturated rings. The van der Waals surface area contributed by atoms with Gasteiger partial charge in [0.25, 0.3) is 0 Å². The Balaban J connectivity index is 2.71. The summed E-state index contributed by atoms with van der Waals surface area (Å²) >= 11 is 5.58. The summed E-state index contributed by atoms with van der Waals surface area (Å²) in [6.07, 6.45) is 0. The minimum absolute atomic E-state index is 0.0276.